The molecule has 0 aliphatic rings. The summed E-state index contributed by atoms with van der Waals surface area (Å²) in [6.07, 6.45) is 0.660. The molecule has 2 aromatic rings. The molecule has 132 valence electrons. The maximum absolute atomic E-state index is 12.4. The molecule has 0 spiro atoms. The van der Waals surface area contributed by atoms with Crippen molar-refractivity contribution in [2.75, 3.05) is 19.0 Å². The van der Waals surface area contributed by atoms with Crippen LogP contribution in [0, 0.1) is 0 Å². The Morgan fingerprint density at radius 3 is 2.79 bits per heavy atom. The number of thiazole rings is 1. The molecule has 2 rings (SSSR count). The lowest BCUT2D eigenvalue weighted by molar-refractivity contribution is 0.102. The lowest BCUT2D eigenvalue weighted by atomic mass is 10.2. The van der Waals surface area contributed by atoms with Crippen molar-refractivity contribution in [2.45, 2.75) is 26.4 Å². The van der Waals surface area contributed by atoms with E-state index in [9.17, 15) is 4.79 Å². The lowest BCUT2D eigenvalue weighted by Crippen LogP contribution is -2.15. The van der Waals surface area contributed by atoms with Crippen molar-refractivity contribution >= 4 is 35.3 Å². The second kappa shape index (κ2) is 9.46. The van der Waals surface area contributed by atoms with Crippen molar-refractivity contribution < 1.29 is 14.3 Å². The average Bonchev–Trinajstić information content (AvgIpc) is 2.97. The first-order chi connectivity index (χ1) is 11.0. The van der Waals surface area contributed by atoms with Crippen LogP contribution in [0.2, 0.25) is 0 Å². The summed E-state index contributed by atoms with van der Waals surface area (Å²) in [4.78, 5) is 16.7. The summed E-state index contributed by atoms with van der Waals surface area (Å²) in [5, 5.41) is 5.41. The maximum atomic E-state index is 12.4. The summed E-state index contributed by atoms with van der Waals surface area (Å²) in [5.41, 5.74) is 6.43. The largest absolute Gasteiger partial charge is 0.497 e. The van der Waals surface area contributed by atoms with Crippen LogP contribution in [-0.2, 0) is 6.42 Å². The van der Waals surface area contributed by atoms with Gasteiger partial charge in [0.1, 0.15) is 17.2 Å². The zero-order chi connectivity index (χ0) is 16.8. The SMILES string of the molecule is COc1ccc(OC(C)C)c(NC(=O)c2csc(CCN)n2)c1.Cl. The van der Waals surface area contributed by atoms with Gasteiger partial charge in [-0.15, -0.1) is 23.7 Å². The first-order valence-electron chi connectivity index (χ1n) is 7.34. The van der Waals surface area contributed by atoms with Gasteiger partial charge in [-0.1, -0.05) is 0 Å². The van der Waals surface area contributed by atoms with Gasteiger partial charge in [0.05, 0.1) is 23.9 Å². The van der Waals surface area contributed by atoms with Gasteiger partial charge in [-0.25, -0.2) is 4.98 Å². The number of hydrogen-bond donors (Lipinski definition) is 2. The molecule has 0 radical (unpaired) electrons. The molecule has 1 heterocycles. The van der Waals surface area contributed by atoms with E-state index in [2.05, 4.69) is 10.3 Å². The molecule has 0 saturated heterocycles. The molecule has 8 heteroatoms. The van der Waals surface area contributed by atoms with Gasteiger partial charge in [-0.05, 0) is 32.5 Å². The first kappa shape index (κ1) is 20.2. The minimum atomic E-state index is -0.286. The Balaban J connectivity index is 0.00000288. The van der Waals surface area contributed by atoms with E-state index in [1.54, 1.807) is 30.7 Å². The maximum Gasteiger partial charge on any atom is 0.275 e. The summed E-state index contributed by atoms with van der Waals surface area (Å²) in [7, 11) is 1.57. The van der Waals surface area contributed by atoms with Crippen molar-refractivity contribution in [3.05, 3.63) is 34.3 Å². The number of nitrogens with two attached hydrogens (primary N) is 1. The third kappa shape index (κ3) is 5.36. The van der Waals surface area contributed by atoms with Gasteiger partial charge in [0.2, 0.25) is 0 Å². The number of halogens is 1. The minimum absolute atomic E-state index is 0. The predicted octanol–water partition coefficient (Wildman–Crippen LogP) is 3.11. The van der Waals surface area contributed by atoms with Crippen molar-refractivity contribution in [3.8, 4) is 11.5 Å². The molecule has 24 heavy (non-hydrogen) atoms. The summed E-state index contributed by atoms with van der Waals surface area (Å²) < 4.78 is 10.9. The highest BCUT2D eigenvalue weighted by Crippen LogP contribution is 2.30. The zero-order valence-electron chi connectivity index (χ0n) is 13.9. The van der Waals surface area contributed by atoms with Crippen LogP contribution in [0.1, 0.15) is 29.3 Å². The normalized spacial score (nSPS) is 10.2. The van der Waals surface area contributed by atoms with Crippen LogP contribution in [0.3, 0.4) is 0 Å². The Morgan fingerprint density at radius 2 is 2.17 bits per heavy atom. The van der Waals surface area contributed by atoms with Crippen LogP contribution in [0.15, 0.2) is 23.6 Å². The molecule has 6 nitrogen and oxygen atoms in total. The highest BCUT2D eigenvalue weighted by Gasteiger charge is 2.15. The Kier molecular flexibility index (Phi) is 7.97. The summed E-state index contributed by atoms with van der Waals surface area (Å²) in [6.45, 7) is 4.36. The number of benzene rings is 1. The minimum Gasteiger partial charge on any atom is -0.497 e. The second-order valence-corrected chi connectivity index (χ2v) is 6.09. The molecule has 0 fully saturated rings. The first-order valence-corrected chi connectivity index (χ1v) is 8.22. The molecule has 0 saturated carbocycles. The quantitative estimate of drug-likeness (QED) is 0.780. The van der Waals surface area contributed by atoms with Crippen LogP contribution in [0.4, 0.5) is 5.69 Å². The molecular formula is C16H22ClN3O3S. The molecule has 0 aliphatic heterocycles. The number of carbonyl (C=O) groups is 1. The van der Waals surface area contributed by atoms with Crippen molar-refractivity contribution in [1.29, 1.82) is 0 Å². The third-order valence-corrected chi connectivity index (χ3v) is 3.85. The van der Waals surface area contributed by atoms with Gasteiger partial charge in [0.25, 0.3) is 5.91 Å². The lowest BCUT2D eigenvalue weighted by Gasteiger charge is -2.15. The Hall–Kier alpha value is -1.83. The second-order valence-electron chi connectivity index (χ2n) is 5.15. The number of ether oxygens (including phenoxy) is 2. The van der Waals surface area contributed by atoms with E-state index >= 15 is 0 Å². The summed E-state index contributed by atoms with van der Waals surface area (Å²) >= 11 is 1.43. The number of aromatic nitrogens is 1. The van der Waals surface area contributed by atoms with Crippen molar-refractivity contribution in [2.24, 2.45) is 5.73 Å². The number of nitrogens with zero attached hydrogens (tertiary/aromatic N) is 1. The number of hydrogen-bond acceptors (Lipinski definition) is 6. The molecular weight excluding hydrogens is 350 g/mol. The van der Waals surface area contributed by atoms with Gasteiger partial charge in [-0.3, -0.25) is 4.79 Å². The average molecular weight is 372 g/mol. The van der Waals surface area contributed by atoms with Crippen molar-refractivity contribution in [1.82, 2.24) is 4.98 Å². The van der Waals surface area contributed by atoms with Gasteiger partial charge >= 0.3 is 0 Å². The molecule has 0 atom stereocenters. The number of rotatable bonds is 7. The van der Waals surface area contributed by atoms with Crippen molar-refractivity contribution in [3.63, 3.8) is 0 Å². The molecule has 3 N–H and O–H groups in total. The predicted molar refractivity (Wildman–Crippen MR) is 98.8 cm³/mol. The van der Waals surface area contributed by atoms with E-state index < -0.39 is 0 Å². The smallest absolute Gasteiger partial charge is 0.275 e. The topological polar surface area (TPSA) is 86.5 Å². The van der Waals surface area contributed by atoms with Gasteiger partial charge in [-0.2, -0.15) is 0 Å². The van der Waals surface area contributed by atoms with Gasteiger partial charge in [0, 0.05) is 17.9 Å². The highest BCUT2D eigenvalue weighted by molar-refractivity contribution is 7.09. The highest BCUT2D eigenvalue weighted by atomic mass is 35.5. The number of carbonyl (C=O) groups excluding carboxylic acids is 1. The fourth-order valence-corrected chi connectivity index (χ4v) is 2.72. The molecule has 0 bridgehead atoms. The van der Waals surface area contributed by atoms with Crippen LogP contribution in [-0.4, -0.2) is 30.6 Å². The summed E-state index contributed by atoms with van der Waals surface area (Å²) in [5.74, 6) is 0.941. The Bertz CT molecular complexity index is 676. The van der Waals surface area contributed by atoms with Gasteiger partial charge in [0.15, 0.2) is 0 Å². The fraction of sp³-hybridized carbons (Fsp3) is 0.375. The van der Waals surface area contributed by atoms with E-state index in [0.717, 1.165) is 5.01 Å². The van der Waals surface area contributed by atoms with Crippen LogP contribution in [0.5, 0.6) is 11.5 Å². The molecule has 1 aromatic carbocycles. The van der Waals surface area contributed by atoms with Gasteiger partial charge < -0.3 is 20.5 Å². The number of nitrogens with one attached hydrogen (secondary N) is 1. The molecule has 0 unspecified atom stereocenters. The number of amides is 1. The zero-order valence-corrected chi connectivity index (χ0v) is 15.5. The fourth-order valence-electron chi connectivity index (χ4n) is 1.93. The van der Waals surface area contributed by atoms with E-state index in [1.165, 1.54) is 11.3 Å². The van der Waals surface area contributed by atoms with Crippen LogP contribution >= 0.6 is 23.7 Å². The molecule has 1 aromatic heterocycles. The standard InChI is InChI=1S/C16H21N3O3S.ClH/c1-10(2)22-14-5-4-11(21-3)8-12(14)19-16(20)13-9-23-15(18-13)6-7-17;/h4-5,8-10H,6-7,17H2,1-3H3,(H,19,20);1H. The third-order valence-electron chi connectivity index (χ3n) is 2.94. The van der Waals surface area contributed by atoms with E-state index in [4.69, 9.17) is 15.2 Å². The van der Waals surface area contributed by atoms with Crippen LogP contribution in [0.25, 0.3) is 0 Å². The molecule has 0 aliphatic carbocycles. The Labute approximate surface area is 151 Å². The number of methoxy groups -OCH3 is 1. The summed E-state index contributed by atoms with van der Waals surface area (Å²) in [6, 6.07) is 5.29. The van der Waals surface area contributed by atoms with Crippen LogP contribution < -0.4 is 20.5 Å². The Morgan fingerprint density at radius 1 is 1.42 bits per heavy atom. The monoisotopic (exact) mass is 371 g/mol. The molecule has 1 amide bonds. The van der Waals surface area contributed by atoms with E-state index in [0.29, 0.717) is 35.8 Å². The number of anilines is 1. The van der Waals surface area contributed by atoms with E-state index in [-0.39, 0.29) is 24.4 Å². The van der Waals surface area contributed by atoms with E-state index in [1.807, 2.05) is 13.8 Å².